The summed E-state index contributed by atoms with van der Waals surface area (Å²) in [6.07, 6.45) is 2.79. The molecule has 0 aliphatic rings. The van der Waals surface area contributed by atoms with E-state index in [0.717, 1.165) is 11.8 Å². The van der Waals surface area contributed by atoms with Gasteiger partial charge in [-0.15, -0.1) is 0 Å². The van der Waals surface area contributed by atoms with E-state index in [1.807, 2.05) is 71.9 Å². The van der Waals surface area contributed by atoms with Gasteiger partial charge >= 0.3 is 12.1 Å². The minimum absolute atomic E-state index is 0.0668. The van der Waals surface area contributed by atoms with Crippen molar-refractivity contribution in [2.45, 2.75) is 105 Å². The molecule has 44 heavy (non-hydrogen) atoms. The van der Waals surface area contributed by atoms with Crippen LogP contribution in [0.4, 0.5) is 4.79 Å². The zero-order valence-corrected chi connectivity index (χ0v) is 27.1. The number of benzene rings is 1. The summed E-state index contributed by atoms with van der Waals surface area (Å²) in [5.74, 6) is -1.62. The number of alkyl carbamates (subject to hydrolysis) is 1. The van der Waals surface area contributed by atoms with Crippen LogP contribution in [0.1, 0.15) is 85.6 Å². The quantitative estimate of drug-likeness (QED) is 0.0965. The second-order valence-electron chi connectivity index (χ2n) is 12.2. The summed E-state index contributed by atoms with van der Waals surface area (Å²) in [6.45, 7) is 15.5. The van der Waals surface area contributed by atoms with Crippen molar-refractivity contribution in [2.24, 2.45) is 17.8 Å². The number of esters is 1. The van der Waals surface area contributed by atoms with Gasteiger partial charge < -0.3 is 30.7 Å². The molecule has 0 spiro atoms. The third-order valence-electron chi connectivity index (χ3n) is 6.52. The summed E-state index contributed by atoms with van der Waals surface area (Å²) < 4.78 is 10.1. The zero-order chi connectivity index (χ0) is 33.1. The lowest BCUT2D eigenvalue weighted by Crippen LogP contribution is -2.56. The highest BCUT2D eigenvalue weighted by atomic mass is 16.5. The lowest BCUT2D eigenvalue weighted by atomic mass is 9.99. The maximum Gasteiger partial charge on any atom is 0.407 e. The number of carbonyl (C=O) groups is 5. The molecule has 0 radical (unpaired) electrons. The monoisotopic (exact) mass is 616 g/mol. The Balaban J connectivity index is 2.68. The molecule has 4 amide bonds. The molecule has 0 aliphatic heterocycles. The summed E-state index contributed by atoms with van der Waals surface area (Å²) in [6, 6.07) is 6.71. The van der Waals surface area contributed by atoms with Crippen LogP contribution in [0, 0.1) is 17.8 Å². The highest BCUT2D eigenvalue weighted by Crippen LogP contribution is 2.12. The first-order valence-corrected chi connectivity index (χ1v) is 15.5. The van der Waals surface area contributed by atoms with Gasteiger partial charge in [-0.1, -0.05) is 78.5 Å². The molecule has 0 fully saturated rings. The first-order valence-electron chi connectivity index (χ1n) is 15.5. The fraction of sp³-hybridized carbons (Fsp3) is 0.606. The van der Waals surface area contributed by atoms with Crippen molar-refractivity contribution in [3.05, 3.63) is 48.7 Å². The molecule has 1 rings (SSSR count). The van der Waals surface area contributed by atoms with Crippen molar-refractivity contribution in [1.29, 1.82) is 0 Å². The lowest BCUT2D eigenvalue weighted by molar-refractivity contribution is -0.143. The summed E-state index contributed by atoms with van der Waals surface area (Å²) >= 11 is 0. The molecule has 0 saturated heterocycles. The number of nitrogens with one attached hydrogen (secondary N) is 4. The summed E-state index contributed by atoms with van der Waals surface area (Å²) in [5, 5.41) is 11.0. The SMILES string of the molecule is C=COC(=O)[C@H](CC(C)C)NC(=O)[C@H](CC(C)C)NC(=O)[C@H](CC(C)C)NC(=O)CCCCNC(=O)OCc1ccccc1. The molecular weight excluding hydrogens is 564 g/mol. The molecule has 0 bridgehead atoms. The first kappa shape index (κ1) is 38.1. The van der Waals surface area contributed by atoms with Crippen LogP contribution in [0.5, 0.6) is 0 Å². The average Bonchev–Trinajstić information content (AvgIpc) is 2.94. The highest BCUT2D eigenvalue weighted by Gasteiger charge is 2.31. The van der Waals surface area contributed by atoms with Gasteiger partial charge in [0.05, 0.1) is 6.26 Å². The molecule has 1 aromatic carbocycles. The Hall–Kier alpha value is -3.89. The van der Waals surface area contributed by atoms with Crippen molar-refractivity contribution in [1.82, 2.24) is 21.3 Å². The largest absolute Gasteiger partial charge is 0.445 e. The number of rotatable bonds is 20. The molecule has 246 valence electrons. The van der Waals surface area contributed by atoms with Crippen LogP contribution in [-0.2, 0) is 35.3 Å². The second-order valence-corrected chi connectivity index (χ2v) is 12.2. The van der Waals surface area contributed by atoms with Gasteiger partial charge in [0, 0.05) is 13.0 Å². The van der Waals surface area contributed by atoms with Crippen molar-refractivity contribution >= 4 is 29.8 Å². The Labute approximate surface area is 262 Å². The Bertz CT molecular complexity index is 1060. The first-order chi connectivity index (χ1) is 20.8. The van der Waals surface area contributed by atoms with Crippen molar-refractivity contribution < 1.29 is 33.4 Å². The highest BCUT2D eigenvalue weighted by molar-refractivity contribution is 5.93. The van der Waals surface area contributed by atoms with Gasteiger partial charge in [0.2, 0.25) is 17.7 Å². The van der Waals surface area contributed by atoms with Gasteiger partial charge in [-0.3, -0.25) is 14.4 Å². The van der Waals surface area contributed by atoms with Crippen LogP contribution in [0.25, 0.3) is 0 Å². The van der Waals surface area contributed by atoms with Crippen LogP contribution in [0.3, 0.4) is 0 Å². The molecule has 0 aliphatic carbocycles. The fourth-order valence-corrected chi connectivity index (χ4v) is 4.44. The van der Waals surface area contributed by atoms with E-state index < -0.39 is 42.0 Å². The molecule has 11 heteroatoms. The van der Waals surface area contributed by atoms with Gasteiger partial charge in [0.25, 0.3) is 0 Å². The fourth-order valence-electron chi connectivity index (χ4n) is 4.44. The Morgan fingerprint density at radius 3 is 1.82 bits per heavy atom. The van der Waals surface area contributed by atoms with Gasteiger partial charge in [-0.25, -0.2) is 9.59 Å². The summed E-state index contributed by atoms with van der Waals surface area (Å²) in [5.41, 5.74) is 0.888. The van der Waals surface area contributed by atoms with Crippen molar-refractivity contribution in [2.75, 3.05) is 6.54 Å². The van der Waals surface area contributed by atoms with E-state index in [9.17, 15) is 24.0 Å². The van der Waals surface area contributed by atoms with Crippen LogP contribution in [0.2, 0.25) is 0 Å². The summed E-state index contributed by atoms with van der Waals surface area (Å²) in [4.78, 5) is 63.7. The predicted molar refractivity (Wildman–Crippen MR) is 169 cm³/mol. The van der Waals surface area contributed by atoms with E-state index in [0.29, 0.717) is 38.6 Å². The number of amides is 4. The number of hydrogen-bond acceptors (Lipinski definition) is 7. The zero-order valence-electron chi connectivity index (χ0n) is 27.1. The van der Waals surface area contributed by atoms with E-state index in [1.54, 1.807) is 0 Å². The smallest absolute Gasteiger partial charge is 0.407 e. The van der Waals surface area contributed by atoms with Gasteiger partial charge in [-0.2, -0.15) is 0 Å². The lowest BCUT2D eigenvalue weighted by Gasteiger charge is -2.27. The van der Waals surface area contributed by atoms with Crippen molar-refractivity contribution in [3.63, 3.8) is 0 Å². The Kier molecular flexibility index (Phi) is 18.1. The minimum Gasteiger partial charge on any atom is -0.445 e. The molecule has 1 aromatic rings. The Morgan fingerprint density at radius 1 is 0.750 bits per heavy atom. The third-order valence-corrected chi connectivity index (χ3v) is 6.52. The molecule has 11 nitrogen and oxygen atoms in total. The van der Waals surface area contributed by atoms with Gasteiger partial charge in [0.1, 0.15) is 24.7 Å². The van der Waals surface area contributed by atoms with E-state index in [2.05, 4.69) is 27.8 Å². The minimum atomic E-state index is -0.909. The maximum atomic E-state index is 13.4. The van der Waals surface area contributed by atoms with Gasteiger partial charge in [0.15, 0.2) is 0 Å². The molecule has 0 saturated carbocycles. The number of hydrogen-bond donors (Lipinski definition) is 4. The van der Waals surface area contributed by atoms with E-state index in [1.165, 1.54) is 0 Å². The number of carbonyl (C=O) groups excluding carboxylic acids is 5. The Morgan fingerprint density at radius 2 is 1.27 bits per heavy atom. The van der Waals surface area contributed by atoms with E-state index in [4.69, 9.17) is 9.47 Å². The topological polar surface area (TPSA) is 152 Å². The van der Waals surface area contributed by atoms with Gasteiger partial charge in [-0.05, 0) is 55.4 Å². The predicted octanol–water partition coefficient (Wildman–Crippen LogP) is 4.36. The van der Waals surface area contributed by atoms with Crippen LogP contribution < -0.4 is 21.3 Å². The maximum absolute atomic E-state index is 13.4. The van der Waals surface area contributed by atoms with E-state index in [-0.39, 0.29) is 36.7 Å². The molecule has 0 unspecified atom stereocenters. The molecule has 0 heterocycles. The van der Waals surface area contributed by atoms with Crippen LogP contribution >= 0.6 is 0 Å². The van der Waals surface area contributed by atoms with Crippen LogP contribution in [0.15, 0.2) is 43.2 Å². The second kappa shape index (κ2) is 20.9. The third kappa shape index (κ3) is 16.7. The standard InChI is InChI=1S/C33H52N4O7/c1-8-43-32(41)28(20-24(6)7)37-31(40)27(19-23(4)5)36-30(39)26(18-22(2)3)35-29(38)16-12-13-17-34-33(42)44-21-25-14-10-9-11-15-25/h8-11,14-15,22-24,26-28H,1,12-13,16-21H2,2-7H3,(H,34,42)(H,35,38)(H,36,39)(H,37,40)/t26-,27-,28-/m0/s1. The average molecular weight is 617 g/mol. The molecule has 3 atom stereocenters. The number of ether oxygens (including phenoxy) is 2. The molecular formula is C33H52N4O7. The normalized spacial score (nSPS) is 13.0. The summed E-state index contributed by atoms with van der Waals surface area (Å²) in [7, 11) is 0. The number of unbranched alkanes of at least 4 members (excludes halogenated alkanes) is 1. The molecule has 0 aromatic heterocycles. The molecule has 4 N–H and O–H groups in total. The van der Waals surface area contributed by atoms with E-state index >= 15 is 0 Å². The van der Waals surface area contributed by atoms with Crippen LogP contribution in [-0.4, -0.2) is 54.5 Å². The van der Waals surface area contributed by atoms with Crippen molar-refractivity contribution in [3.8, 4) is 0 Å².